The summed E-state index contributed by atoms with van der Waals surface area (Å²) in [6.45, 7) is 2.20. The second kappa shape index (κ2) is 5.48. The third kappa shape index (κ3) is 2.89. The fourth-order valence-electron chi connectivity index (χ4n) is 2.49. The standard InChI is InChI=1S/C12H19N5O3/c1-7-2-4-12(5-3-7,10(19)20)6-14-9(18)8-15-11(13)17-16-8/h7H,2-6H2,1H3,(H,14,18)(H,19,20)(H3,13,15,16,17). The van der Waals surface area contributed by atoms with Gasteiger partial charge >= 0.3 is 5.97 Å². The summed E-state index contributed by atoms with van der Waals surface area (Å²) in [6, 6.07) is 0. The zero-order valence-corrected chi connectivity index (χ0v) is 11.3. The van der Waals surface area contributed by atoms with Crippen molar-refractivity contribution in [2.75, 3.05) is 12.3 Å². The van der Waals surface area contributed by atoms with E-state index in [4.69, 9.17) is 5.73 Å². The Morgan fingerprint density at radius 3 is 2.65 bits per heavy atom. The maximum absolute atomic E-state index is 11.8. The summed E-state index contributed by atoms with van der Waals surface area (Å²) in [4.78, 5) is 27.1. The molecule has 0 spiro atoms. The number of nitrogens with one attached hydrogen (secondary N) is 2. The molecule has 0 saturated heterocycles. The number of carboxylic acid groups (broad SMARTS) is 1. The third-order valence-corrected chi connectivity index (χ3v) is 3.99. The highest BCUT2D eigenvalue weighted by Crippen LogP contribution is 2.38. The molecule has 1 aliphatic rings. The fraction of sp³-hybridized carbons (Fsp3) is 0.667. The number of aromatic nitrogens is 3. The van der Waals surface area contributed by atoms with Gasteiger partial charge in [0, 0.05) is 6.54 Å². The number of amides is 1. The molecule has 1 aliphatic carbocycles. The molecule has 0 atom stereocenters. The number of nitrogens with two attached hydrogens (primary N) is 1. The first-order valence-corrected chi connectivity index (χ1v) is 6.62. The van der Waals surface area contributed by atoms with E-state index in [9.17, 15) is 14.7 Å². The van der Waals surface area contributed by atoms with Gasteiger partial charge < -0.3 is 16.2 Å². The SMILES string of the molecule is CC1CCC(CNC(=O)c2nc(N)n[nH]2)(C(=O)O)CC1. The molecule has 1 aromatic heterocycles. The van der Waals surface area contributed by atoms with E-state index in [1.807, 2.05) is 0 Å². The first-order chi connectivity index (χ1) is 9.43. The van der Waals surface area contributed by atoms with Crippen LogP contribution in [0.15, 0.2) is 0 Å². The van der Waals surface area contributed by atoms with Gasteiger partial charge in [-0.05, 0) is 31.6 Å². The minimum Gasteiger partial charge on any atom is -0.481 e. The number of carbonyl (C=O) groups excluding carboxylic acids is 1. The molecule has 110 valence electrons. The van der Waals surface area contributed by atoms with Crippen molar-refractivity contribution in [1.29, 1.82) is 0 Å². The van der Waals surface area contributed by atoms with Crippen molar-refractivity contribution >= 4 is 17.8 Å². The molecule has 1 amide bonds. The smallest absolute Gasteiger partial charge is 0.311 e. The molecular weight excluding hydrogens is 262 g/mol. The van der Waals surface area contributed by atoms with Gasteiger partial charge in [0.25, 0.3) is 5.91 Å². The normalized spacial score (nSPS) is 26.1. The monoisotopic (exact) mass is 281 g/mol. The molecule has 8 heteroatoms. The quantitative estimate of drug-likeness (QED) is 0.631. The van der Waals surface area contributed by atoms with Gasteiger partial charge in [0.15, 0.2) is 0 Å². The number of hydrogen-bond donors (Lipinski definition) is 4. The van der Waals surface area contributed by atoms with Crippen LogP contribution < -0.4 is 11.1 Å². The van der Waals surface area contributed by atoms with E-state index < -0.39 is 17.3 Å². The van der Waals surface area contributed by atoms with E-state index in [1.54, 1.807) is 0 Å². The molecule has 8 nitrogen and oxygen atoms in total. The number of carboxylic acids is 1. The number of H-pyrrole nitrogens is 1. The van der Waals surface area contributed by atoms with E-state index in [0.717, 1.165) is 12.8 Å². The van der Waals surface area contributed by atoms with E-state index in [1.165, 1.54) is 0 Å². The van der Waals surface area contributed by atoms with Gasteiger partial charge in [0.05, 0.1) is 5.41 Å². The third-order valence-electron chi connectivity index (χ3n) is 3.99. The Morgan fingerprint density at radius 1 is 1.50 bits per heavy atom. The molecular formula is C12H19N5O3. The van der Waals surface area contributed by atoms with Gasteiger partial charge in [-0.1, -0.05) is 6.92 Å². The molecule has 0 aromatic carbocycles. The van der Waals surface area contributed by atoms with Crippen molar-refractivity contribution in [1.82, 2.24) is 20.5 Å². The maximum Gasteiger partial charge on any atom is 0.311 e. The van der Waals surface area contributed by atoms with Crippen LogP contribution in [0.25, 0.3) is 0 Å². The highest BCUT2D eigenvalue weighted by Gasteiger charge is 2.41. The Balaban J connectivity index is 1.99. The zero-order valence-electron chi connectivity index (χ0n) is 11.3. The van der Waals surface area contributed by atoms with E-state index >= 15 is 0 Å². The lowest BCUT2D eigenvalue weighted by molar-refractivity contribution is -0.151. The molecule has 1 aromatic rings. The van der Waals surface area contributed by atoms with E-state index in [2.05, 4.69) is 27.4 Å². The number of rotatable bonds is 4. The van der Waals surface area contributed by atoms with E-state index in [-0.39, 0.29) is 18.3 Å². The topological polar surface area (TPSA) is 134 Å². The number of aromatic amines is 1. The Hall–Kier alpha value is -2.12. The van der Waals surface area contributed by atoms with Crippen LogP contribution in [-0.4, -0.2) is 38.7 Å². The summed E-state index contributed by atoms with van der Waals surface area (Å²) in [5.74, 6) is -0.843. The maximum atomic E-state index is 11.8. The van der Waals surface area contributed by atoms with Crippen molar-refractivity contribution in [3.8, 4) is 0 Å². The first-order valence-electron chi connectivity index (χ1n) is 6.62. The second-order valence-electron chi connectivity index (χ2n) is 5.49. The van der Waals surface area contributed by atoms with Gasteiger partial charge in [-0.15, -0.1) is 5.10 Å². The summed E-state index contributed by atoms with van der Waals surface area (Å²) in [6.07, 6.45) is 2.86. The molecule has 5 N–H and O–H groups in total. The van der Waals surface area contributed by atoms with Crippen LogP contribution in [0.5, 0.6) is 0 Å². The van der Waals surface area contributed by atoms with Gasteiger partial charge in [0.2, 0.25) is 11.8 Å². The lowest BCUT2D eigenvalue weighted by Crippen LogP contribution is -2.45. The lowest BCUT2D eigenvalue weighted by Gasteiger charge is -2.35. The van der Waals surface area contributed by atoms with Crippen LogP contribution >= 0.6 is 0 Å². The van der Waals surface area contributed by atoms with Crippen LogP contribution in [0.3, 0.4) is 0 Å². The Morgan fingerprint density at radius 2 is 2.15 bits per heavy atom. The summed E-state index contributed by atoms with van der Waals surface area (Å²) in [5, 5.41) is 18.0. The summed E-state index contributed by atoms with van der Waals surface area (Å²) in [5.41, 5.74) is 4.44. The van der Waals surface area contributed by atoms with Crippen LogP contribution in [0.2, 0.25) is 0 Å². The average molecular weight is 281 g/mol. The predicted octanol–water partition coefficient (Wildman–Crippen LogP) is 0.398. The highest BCUT2D eigenvalue weighted by molar-refractivity contribution is 5.91. The fourth-order valence-corrected chi connectivity index (χ4v) is 2.49. The van der Waals surface area contributed by atoms with Crippen molar-refractivity contribution in [2.45, 2.75) is 32.6 Å². The van der Waals surface area contributed by atoms with E-state index in [0.29, 0.717) is 18.8 Å². The van der Waals surface area contributed by atoms with Crippen LogP contribution in [-0.2, 0) is 4.79 Å². The highest BCUT2D eigenvalue weighted by atomic mass is 16.4. The van der Waals surface area contributed by atoms with Gasteiger partial charge in [-0.2, -0.15) is 4.98 Å². The average Bonchev–Trinajstić information content (AvgIpc) is 2.84. The number of aliphatic carboxylic acids is 1. The first kappa shape index (κ1) is 14.3. The Labute approximate surface area is 116 Å². The van der Waals surface area contributed by atoms with Crippen molar-refractivity contribution in [3.63, 3.8) is 0 Å². The number of carbonyl (C=O) groups is 2. The lowest BCUT2D eigenvalue weighted by atomic mass is 9.71. The second-order valence-corrected chi connectivity index (χ2v) is 5.49. The van der Waals surface area contributed by atoms with Crippen molar-refractivity contribution in [3.05, 3.63) is 5.82 Å². The zero-order chi connectivity index (χ0) is 14.8. The van der Waals surface area contributed by atoms with Gasteiger partial charge in [-0.25, -0.2) is 0 Å². The number of anilines is 1. The Kier molecular flexibility index (Phi) is 3.91. The van der Waals surface area contributed by atoms with Crippen LogP contribution in [0.4, 0.5) is 5.95 Å². The largest absolute Gasteiger partial charge is 0.481 e. The Bertz CT molecular complexity index is 505. The number of nitrogen functional groups attached to an aromatic ring is 1. The summed E-state index contributed by atoms with van der Waals surface area (Å²) in [7, 11) is 0. The van der Waals surface area contributed by atoms with Crippen molar-refractivity contribution in [2.24, 2.45) is 11.3 Å². The molecule has 1 saturated carbocycles. The molecule has 0 aliphatic heterocycles. The molecule has 0 radical (unpaired) electrons. The molecule has 20 heavy (non-hydrogen) atoms. The summed E-state index contributed by atoms with van der Waals surface area (Å²) < 4.78 is 0. The molecule has 0 unspecified atom stereocenters. The van der Waals surface area contributed by atoms with Crippen LogP contribution in [0.1, 0.15) is 43.2 Å². The molecule has 0 bridgehead atoms. The number of hydrogen-bond acceptors (Lipinski definition) is 5. The van der Waals surface area contributed by atoms with Crippen molar-refractivity contribution < 1.29 is 14.7 Å². The van der Waals surface area contributed by atoms with Gasteiger partial charge in [0.1, 0.15) is 0 Å². The minimum atomic E-state index is -0.881. The molecule has 1 heterocycles. The molecule has 1 fully saturated rings. The molecule has 2 rings (SSSR count). The van der Waals surface area contributed by atoms with Gasteiger partial charge in [-0.3, -0.25) is 14.7 Å². The number of nitrogens with zero attached hydrogens (tertiary/aromatic N) is 2. The summed E-state index contributed by atoms with van der Waals surface area (Å²) >= 11 is 0. The van der Waals surface area contributed by atoms with Crippen LogP contribution in [0, 0.1) is 11.3 Å². The minimum absolute atomic E-state index is 0.00721. The predicted molar refractivity (Wildman–Crippen MR) is 70.8 cm³/mol.